The fourth-order valence-electron chi connectivity index (χ4n) is 4.20. The van der Waals surface area contributed by atoms with Crippen LogP contribution in [-0.4, -0.2) is 41.0 Å². The van der Waals surface area contributed by atoms with Crippen LogP contribution in [0.4, 0.5) is 10.5 Å². The van der Waals surface area contributed by atoms with Crippen molar-refractivity contribution in [2.75, 3.05) is 11.9 Å². The van der Waals surface area contributed by atoms with Gasteiger partial charge in [0, 0.05) is 11.7 Å². The minimum absolute atomic E-state index is 0.250. The fourth-order valence-corrected chi connectivity index (χ4v) is 4.20. The highest BCUT2D eigenvalue weighted by molar-refractivity contribution is 5.99. The van der Waals surface area contributed by atoms with Crippen molar-refractivity contribution in [3.8, 4) is 0 Å². The Morgan fingerprint density at radius 2 is 1.55 bits per heavy atom. The fraction of sp³-hybridized carbons (Fsp3) is 0.516. The highest BCUT2D eigenvalue weighted by atomic mass is 16.6. The molecule has 0 heterocycles. The van der Waals surface area contributed by atoms with Gasteiger partial charge in [0.25, 0.3) is 5.91 Å². The average Bonchev–Trinajstić information content (AvgIpc) is 2.81. The average molecular weight is 524 g/mol. The normalized spacial score (nSPS) is 13.0. The van der Waals surface area contributed by atoms with E-state index < -0.39 is 17.7 Å². The van der Waals surface area contributed by atoms with Gasteiger partial charge in [-0.2, -0.15) is 0 Å². The molecule has 0 fully saturated rings. The maximum absolute atomic E-state index is 14.0. The summed E-state index contributed by atoms with van der Waals surface area (Å²) in [5.41, 5.74) is 3.79. The van der Waals surface area contributed by atoms with Gasteiger partial charge in [0.2, 0.25) is 5.91 Å². The Labute approximate surface area is 228 Å². The number of ether oxygens (including phenoxy) is 1. The van der Waals surface area contributed by atoms with Crippen molar-refractivity contribution in [2.45, 2.75) is 92.8 Å². The Balaban J connectivity index is 2.50. The molecular weight excluding hydrogens is 478 g/mol. The molecule has 0 bridgehead atoms. The summed E-state index contributed by atoms with van der Waals surface area (Å²) in [4.78, 5) is 41.7. The number of nitrogens with zero attached hydrogens (tertiary/aromatic N) is 1. The van der Waals surface area contributed by atoms with Gasteiger partial charge in [-0.1, -0.05) is 50.2 Å². The van der Waals surface area contributed by atoms with Crippen LogP contribution >= 0.6 is 0 Å². The smallest absolute Gasteiger partial charge is 0.408 e. The number of carbonyl (C=O) groups excluding carboxylic acids is 3. The number of rotatable bonds is 10. The third kappa shape index (κ3) is 9.19. The van der Waals surface area contributed by atoms with Crippen LogP contribution in [-0.2, 0) is 14.3 Å². The molecule has 2 aromatic carbocycles. The molecule has 208 valence electrons. The number of hydrogen-bond donors (Lipinski definition) is 2. The predicted octanol–water partition coefficient (Wildman–Crippen LogP) is 6.47. The summed E-state index contributed by atoms with van der Waals surface area (Å²) in [7, 11) is 0. The lowest BCUT2D eigenvalue weighted by Crippen LogP contribution is -2.50. The second-order valence-electron chi connectivity index (χ2n) is 11.5. The molecular formula is C31H45N3O4. The van der Waals surface area contributed by atoms with Crippen LogP contribution in [0.1, 0.15) is 82.7 Å². The van der Waals surface area contributed by atoms with Crippen LogP contribution in [0, 0.1) is 26.7 Å². The monoisotopic (exact) mass is 523 g/mol. The molecule has 0 saturated heterocycles. The largest absolute Gasteiger partial charge is 0.444 e. The van der Waals surface area contributed by atoms with Crippen LogP contribution in [0.25, 0.3) is 0 Å². The number of nitrogens with one attached hydrogen (secondary N) is 2. The topological polar surface area (TPSA) is 87.7 Å². The molecule has 0 radical (unpaired) electrons. The summed E-state index contributed by atoms with van der Waals surface area (Å²) in [6.07, 6.45) is 0.936. The summed E-state index contributed by atoms with van der Waals surface area (Å²) >= 11 is 0. The first-order valence-electron chi connectivity index (χ1n) is 13.4. The number of benzene rings is 2. The molecule has 38 heavy (non-hydrogen) atoms. The van der Waals surface area contributed by atoms with Crippen molar-refractivity contribution in [2.24, 2.45) is 5.92 Å². The van der Waals surface area contributed by atoms with Gasteiger partial charge in [-0.05, 0) is 95.5 Å². The minimum atomic E-state index is -0.885. The SMILES string of the molecule is Cc1ccc(C(C(=O)Nc2ccccc2C)N(C(=O)CNC(=O)OC(C)(C)C)C(C)CCC(C)C)cc1C. The molecule has 7 heteroatoms. The van der Waals surface area contributed by atoms with Crippen molar-refractivity contribution in [3.05, 3.63) is 64.7 Å². The molecule has 7 nitrogen and oxygen atoms in total. The van der Waals surface area contributed by atoms with Crippen LogP contribution < -0.4 is 10.6 Å². The highest BCUT2D eigenvalue weighted by Gasteiger charge is 2.35. The first-order valence-corrected chi connectivity index (χ1v) is 13.4. The molecule has 0 aromatic heterocycles. The van der Waals surface area contributed by atoms with Gasteiger partial charge < -0.3 is 20.3 Å². The molecule has 0 aliphatic heterocycles. The Morgan fingerprint density at radius 3 is 2.13 bits per heavy atom. The van der Waals surface area contributed by atoms with E-state index in [4.69, 9.17) is 4.74 Å². The minimum Gasteiger partial charge on any atom is -0.444 e. The van der Waals surface area contributed by atoms with Gasteiger partial charge in [0.05, 0.1) is 0 Å². The van der Waals surface area contributed by atoms with Gasteiger partial charge in [-0.3, -0.25) is 9.59 Å². The lowest BCUT2D eigenvalue weighted by Gasteiger charge is -2.37. The number of alkyl carbamates (subject to hydrolysis) is 1. The van der Waals surface area contributed by atoms with E-state index in [1.807, 2.05) is 70.2 Å². The van der Waals surface area contributed by atoms with Crippen molar-refractivity contribution >= 4 is 23.6 Å². The molecule has 2 atom stereocenters. The molecule has 2 unspecified atom stereocenters. The number of hydrogen-bond acceptors (Lipinski definition) is 4. The first kappa shape index (κ1) is 30.9. The molecule has 3 amide bonds. The zero-order valence-corrected chi connectivity index (χ0v) is 24.5. The number of amides is 3. The second kappa shape index (κ2) is 13.4. The Morgan fingerprint density at radius 1 is 0.895 bits per heavy atom. The van der Waals surface area contributed by atoms with Crippen LogP contribution in [0.3, 0.4) is 0 Å². The van der Waals surface area contributed by atoms with Crippen LogP contribution in [0.15, 0.2) is 42.5 Å². The number of aryl methyl sites for hydroxylation is 3. The van der Waals surface area contributed by atoms with Crippen molar-refractivity contribution < 1.29 is 19.1 Å². The molecule has 2 N–H and O–H groups in total. The standard InChI is InChI=1S/C31H45N3O4/c1-20(2)14-16-24(6)34(27(35)19-32-30(37)38-31(7,8)9)28(25-17-15-21(3)23(5)18-25)29(36)33-26-13-11-10-12-22(26)4/h10-13,15,17-18,20,24,28H,14,16,19H2,1-9H3,(H,32,37)(H,33,36). The Bertz CT molecular complexity index is 1120. The van der Waals surface area contributed by atoms with Gasteiger partial charge in [-0.25, -0.2) is 4.79 Å². The van der Waals surface area contributed by atoms with E-state index in [1.54, 1.807) is 25.7 Å². The zero-order chi connectivity index (χ0) is 28.6. The predicted molar refractivity (Wildman–Crippen MR) is 153 cm³/mol. The van der Waals surface area contributed by atoms with E-state index in [1.165, 1.54) is 0 Å². The molecule has 0 saturated carbocycles. The second-order valence-corrected chi connectivity index (χ2v) is 11.5. The quantitative estimate of drug-likeness (QED) is 0.374. The summed E-state index contributed by atoms with van der Waals surface area (Å²) in [5, 5.41) is 5.63. The third-order valence-electron chi connectivity index (χ3n) is 6.48. The molecule has 2 aromatic rings. The first-order chi connectivity index (χ1) is 17.7. The zero-order valence-electron chi connectivity index (χ0n) is 24.5. The molecule has 0 aliphatic rings. The van der Waals surface area contributed by atoms with Gasteiger partial charge in [-0.15, -0.1) is 0 Å². The van der Waals surface area contributed by atoms with Crippen LogP contribution in [0.2, 0.25) is 0 Å². The van der Waals surface area contributed by atoms with Crippen molar-refractivity contribution in [3.63, 3.8) is 0 Å². The summed E-state index contributed by atoms with van der Waals surface area (Å²) in [6, 6.07) is 12.3. The Kier molecular flexibility index (Phi) is 10.9. The van der Waals surface area contributed by atoms with Crippen molar-refractivity contribution in [1.82, 2.24) is 10.2 Å². The third-order valence-corrected chi connectivity index (χ3v) is 6.48. The van der Waals surface area contributed by atoms with Crippen LogP contribution in [0.5, 0.6) is 0 Å². The number of carbonyl (C=O) groups is 3. The molecule has 0 aliphatic carbocycles. The molecule has 0 spiro atoms. The highest BCUT2D eigenvalue weighted by Crippen LogP contribution is 2.29. The van der Waals surface area contributed by atoms with Gasteiger partial charge in [0.15, 0.2) is 0 Å². The van der Waals surface area contributed by atoms with Gasteiger partial charge >= 0.3 is 6.09 Å². The maximum atomic E-state index is 14.0. The molecule has 2 rings (SSSR count). The van der Waals surface area contributed by atoms with Crippen molar-refractivity contribution in [1.29, 1.82) is 0 Å². The van der Waals surface area contributed by atoms with E-state index in [2.05, 4.69) is 24.5 Å². The lowest BCUT2D eigenvalue weighted by atomic mass is 9.95. The van der Waals surface area contributed by atoms with E-state index in [-0.39, 0.29) is 24.4 Å². The lowest BCUT2D eigenvalue weighted by molar-refractivity contribution is -0.140. The maximum Gasteiger partial charge on any atom is 0.408 e. The summed E-state index contributed by atoms with van der Waals surface area (Å²) < 4.78 is 5.32. The summed E-state index contributed by atoms with van der Waals surface area (Å²) in [5.74, 6) is -0.213. The van der Waals surface area contributed by atoms with E-state index in [9.17, 15) is 14.4 Å². The Hall–Kier alpha value is -3.35. The van der Waals surface area contributed by atoms with Gasteiger partial charge in [0.1, 0.15) is 18.2 Å². The van der Waals surface area contributed by atoms with E-state index >= 15 is 0 Å². The van der Waals surface area contributed by atoms with E-state index in [0.717, 1.165) is 35.1 Å². The summed E-state index contributed by atoms with van der Waals surface area (Å²) in [6.45, 7) is 17.2. The number of para-hydroxylation sites is 1. The van der Waals surface area contributed by atoms with E-state index in [0.29, 0.717) is 11.6 Å². The number of anilines is 1.